The molecule has 1 aliphatic heterocycles. The maximum absolute atomic E-state index is 11.7. The first kappa shape index (κ1) is 16.4. The summed E-state index contributed by atoms with van der Waals surface area (Å²) < 4.78 is 6.01. The molecular formula is C18H23NO3S. The van der Waals surface area contributed by atoms with Crippen molar-refractivity contribution in [1.29, 1.82) is 0 Å². The van der Waals surface area contributed by atoms with Crippen LogP contribution in [0.2, 0.25) is 0 Å². The molecule has 0 bridgehead atoms. The quantitative estimate of drug-likeness (QED) is 0.809. The molecule has 2 aliphatic rings. The lowest BCUT2D eigenvalue weighted by molar-refractivity contribution is -0.125. The molecule has 4 nitrogen and oxygen atoms in total. The van der Waals surface area contributed by atoms with Crippen LogP contribution in [0.15, 0.2) is 24.3 Å². The van der Waals surface area contributed by atoms with Crippen molar-refractivity contribution in [2.45, 2.75) is 45.6 Å². The fourth-order valence-corrected chi connectivity index (χ4v) is 3.98. The summed E-state index contributed by atoms with van der Waals surface area (Å²) in [7, 11) is 0. The zero-order valence-corrected chi connectivity index (χ0v) is 14.4. The Hall–Kier alpha value is -1.49. The molecule has 1 saturated heterocycles. The van der Waals surface area contributed by atoms with Gasteiger partial charge in [0.05, 0.1) is 18.9 Å². The van der Waals surface area contributed by atoms with Crippen LogP contribution in [0, 0.1) is 5.41 Å². The third-order valence-corrected chi connectivity index (χ3v) is 5.59. The number of hydrogen-bond donors (Lipinski definition) is 0. The summed E-state index contributed by atoms with van der Waals surface area (Å²) in [5.74, 6) is 0.968. The van der Waals surface area contributed by atoms with Crippen LogP contribution in [0.1, 0.15) is 44.6 Å². The summed E-state index contributed by atoms with van der Waals surface area (Å²) in [6.07, 6.45) is 6.36. The zero-order chi connectivity index (χ0) is 16.3. The van der Waals surface area contributed by atoms with Gasteiger partial charge in [0.1, 0.15) is 5.75 Å². The van der Waals surface area contributed by atoms with Crippen molar-refractivity contribution in [2.75, 3.05) is 12.4 Å². The number of nitrogens with zero attached hydrogens (tertiary/aromatic N) is 1. The molecule has 2 amide bonds. The molecule has 0 unspecified atom stereocenters. The van der Waals surface area contributed by atoms with Crippen LogP contribution >= 0.6 is 11.8 Å². The van der Waals surface area contributed by atoms with Gasteiger partial charge in [-0.05, 0) is 30.5 Å². The fraction of sp³-hybridized carbons (Fsp3) is 0.556. The van der Waals surface area contributed by atoms with Crippen molar-refractivity contribution in [3.8, 4) is 5.75 Å². The van der Waals surface area contributed by atoms with E-state index in [0.717, 1.165) is 29.7 Å². The molecule has 0 atom stereocenters. The van der Waals surface area contributed by atoms with E-state index in [1.165, 1.54) is 37.0 Å². The van der Waals surface area contributed by atoms with Crippen molar-refractivity contribution in [3.05, 3.63) is 29.8 Å². The Bertz CT molecular complexity index is 580. The second-order valence-electron chi connectivity index (χ2n) is 6.84. The molecule has 3 rings (SSSR count). The smallest absolute Gasteiger partial charge is 0.289 e. The number of imide groups is 1. The molecule has 124 valence electrons. The van der Waals surface area contributed by atoms with E-state index >= 15 is 0 Å². The number of carbonyl (C=O) groups excluding carboxylic acids is 2. The molecule has 0 radical (unpaired) electrons. The third-order valence-electron chi connectivity index (χ3n) is 4.73. The highest BCUT2D eigenvalue weighted by Gasteiger charge is 2.30. The molecule has 0 aromatic heterocycles. The Morgan fingerprint density at radius 3 is 2.70 bits per heavy atom. The minimum Gasteiger partial charge on any atom is -0.493 e. The van der Waals surface area contributed by atoms with Gasteiger partial charge < -0.3 is 4.74 Å². The van der Waals surface area contributed by atoms with Crippen molar-refractivity contribution >= 4 is 22.9 Å². The molecule has 1 aromatic carbocycles. The number of ether oxygens (including phenoxy) is 1. The van der Waals surface area contributed by atoms with Crippen LogP contribution in [0.3, 0.4) is 0 Å². The number of amides is 2. The lowest BCUT2D eigenvalue weighted by Gasteiger charge is -2.33. The highest BCUT2D eigenvalue weighted by atomic mass is 32.2. The van der Waals surface area contributed by atoms with Crippen molar-refractivity contribution in [1.82, 2.24) is 4.90 Å². The molecule has 2 fully saturated rings. The topological polar surface area (TPSA) is 46.6 Å². The van der Waals surface area contributed by atoms with E-state index in [1.54, 1.807) is 0 Å². The summed E-state index contributed by atoms with van der Waals surface area (Å²) in [5, 5.41) is -0.156. The number of carbonyl (C=O) groups is 2. The molecule has 23 heavy (non-hydrogen) atoms. The standard InChI is InChI=1S/C18H23NO3S/c1-18(8-3-2-4-9-18)13-22-15-7-5-6-14(10-15)11-19-16(20)12-23-17(19)21/h5-7,10H,2-4,8-9,11-13H2,1H3. The Labute approximate surface area is 141 Å². The minimum absolute atomic E-state index is 0.110. The fourth-order valence-electron chi connectivity index (χ4n) is 3.26. The van der Waals surface area contributed by atoms with Gasteiger partial charge in [-0.3, -0.25) is 14.5 Å². The average molecular weight is 333 g/mol. The zero-order valence-electron chi connectivity index (χ0n) is 13.5. The maximum atomic E-state index is 11.7. The second-order valence-corrected chi connectivity index (χ2v) is 7.77. The molecule has 5 heteroatoms. The highest BCUT2D eigenvalue weighted by Crippen LogP contribution is 2.36. The van der Waals surface area contributed by atoms with E-state index < -0.39 is 0 Å². The first-order valence-corrected chi connectivity index (χ1v) is 9.23. The molecular weight excluding hydrogens is 310 g/mol. The van der Waals surface area contributed by atoms with Gasteiger partial charge in [0.15, 0.2) is 0 Å². The first-order chi connectivity index (χ1) is 11.1. The van der Waals surface area contributed by atoms with Crippen LogP contribution in [0.4, 0.5) is 4.79 Å². The molecule has 0 spiro atoms. The van der Waals surface area contributed by atoms with Gasteiger partial charge in [-0.1, -0.05) is 50.1 Å². The summed E-state index contributed by atoms with van der Waals surface area (Å²) in [5.41, 5.74) is 1.20. The highest BCUT2D eigenvalue weighted by molar-refractivity contribution is 8.14. The van der Waals surface area contributed by atoms with Crippen LogP contribution < -0.4 is 4.74 Å². The summed E-state index contributed by atoms with van der Waals surface area (Å²) >= 11 is 1.07. The predicted octanol–water partition coefficient (Wildman–Crippen LogP) is 4.23. The first-order valence-electron chi connectivity index (χ1n) is 8.25. The monoisotopic (exact) mass is 333 g/mol. The van der Waals surface area contributed by atoms with E-state index in [2.05, 4.69) is 6.92 Å². The van der Waals surface area contributed by atoms with E-state index in [1.807, 2.05) is 24.3 Å². The van der Waals surface area contributed by atoms with Crippen LogP contribution in [0.5, 0.6) is 5.75 Å². The van der Waals surface area contributed by atoms with Gasteiger partial charge in [-0.2, -0.15) is 0 Å². The molecule has 0 N–H and O–H groups in total. The maximum Gasteiger partial charge on any atom is 0.289 e. The Kier molecular flexibility index (Phi) is 4.95. The molecule has 1 aliphatic carbocycles. The van der Waals surface area contributed by atoms with E-state index in [-0.39, 0.29) is 22.3 Å². The Morgan fingerprint density at radius 1 is 1.22 bits per heavy atom. The van der Waals surface area contributed by atoms with E-state index in [9.17, 15) is 9.59 Å². The van der Waals surface area contributed by atoms with Crippen LogP contribution in [-0.2, 0) is 11.3 Å². The second kappa shape index (κ2) is 6.95. The van der Waals surface area contributed by atoms with E-state index in [4.69, 9.17) is 4.74 Å². The van der Waals surface area contributed by atoms with Gasteiger partial charge in [0, 0.05) is 5.41 Å². The van der Waals surface area contributed by atoms with Crippen LogP contribution in [-0.4, -0.2) is 28.4 Å². The SMILES string of the molecule is CC1(COc2cccc(CN3C(=O)CSC3=O)c2)CCCCC1. The van der Waals surface area contributed by atoms with Gasteiger partial charge in [-0.15, -0.1) is 0 Å². The molecule has 1 heterocycles. The van der Waals surface area contributed by atoms with Gasteiger partial charge in [0.25, 0.3) is 5.24 Å². The van der Waals surface area contributed by atoms with Crippen molar-refractivity contribution in [3.63, 3.8) is 0 Å². The third kappa shape index (κ3) is 4.08. The van der Waals surface area contributed by atoms with Crippen molar-refractivity contribution in [2.24, 2.45) is 5.41 Å². The van der Waals surface area contributed by atoms with Crippen molar-refractivity contribution < 1.29 is 14.3 Å². The summed E-state index contributed by atoms with van der Waals surface area (Å²) in [4.78, 5) is 24.7. The number of benzene rings is 1. The number of thioether (sulfide) groups is 1. The van der Waals surface area contributed by atoms with E-state index in [0.29, 0.717) is 6.54 Å². The number of rotatable bonds is 5. The van der Waals surface area contributed by atoms with Crippen LogP contribution in [0.25, 0.3) is 0 Å². The normalized spacial score (nSPS) is 20.8. The lowest BCUT2D eigenvalue weighted by atomic mass is 9.76. The van der Waals surface area contributed by atoms with Gasteiger partial charge >= 0.3 is 0 Å². The number of hydrogen-bond acceptors (Lipinski definition) is 4. The van der Waals surface area contributed by atoms with Gasteiger partial charge in [-0.25, -0.2) is 0 Å². The minimum atomic E-state index is -0.156. The molecule has 1 saturated carbocycles. The average Bonchev–Trinajstić information content (AvgIpc) is 2.86. The Morgan fingerprint density at radius 2 is 2.00 bits per heavy atom. The largest absolute Gasteiger partial charge is 0.493 e. The lowest BCUT2D eigenvalue weighted by Crippen LogP contribution is -2.28. The molecule has 1 aromatic rings. The summed E-state index contributed by atoms with van der Waals surface area (Å²) in [6.45, 7) is 3.36. The van der Waals surface area contributed by atoms with Gasteiger partial charge in [0.2, 0.25) is 5.91 Å². The summed E-state index contributed by atoms with van der Waals surface area (Å²) in [6, 6.07) is 7.73. The predicted molar refractivity (Wildman–Crippen MR) is 91.5 cm³/mol. The Balaban J connectivity index is 1.61.